The van der Waals surface area contributed by atoms with Gasteiger partial charge in [0.1, 0.15) is 12.1 Å². The Kier molecular flexibility index (Phi) is 2.56. The molecule has 0 amide bonds. The van der Waals surface area contributed by atoms with Gasteiger partial charge >= 0.3 is 0 Å². The lowest BCUT2D eigenvalue weighted by Gasteiger charge is -2.06. The molecule has 2 aromatic rings. The van der Waals surface area contributed by atoms with Crippen molar-refractivity contribution in [1.82, 2.24) is 9.55 Å². The summed E-state index contributed by atoms with van der Waals surface area (Å²) < 4.78 is 15.0. The number of rotatable bonds is 2. The molecular formula is C12H11FN2O. The maximum Gasteiger partial charge on any atom is 0.150 e. The first-order chi connectivity index (χ1) is 7.61. The summed E-state index contributed by atoms with van der Waals surface area (Å²) in [7, 11) is 0. The van der Waals surface area contributed by atoms with Gasteiger partial charge in [0.15, 0.2) is 0 Å². The predicted molar refractivity (Wildman–Crippen MR) is 58.4 cm³/mol. The van der Waals surface area contributed by atoms with Gasteiger partial charge in [-0.15, -0.1) is 0 Å². The van der Waals surface area contributed by atoms with Crippen LogP contribution < -0.4 is 0 Å². The Hall–Kier alpha value is -1.97. The number of aromatic nitrogens is 2. The molecule has 0 bridgehead atoms. The zero-order chi connectivity index (χ0) is 11.7. The zero-order valence-corrected chi connectivity index (χ0v) is 9.07. The van der Waals surface area contributed by atoms with E-state index in [1.54, 1.807) is 17.0 Å². The molecule has 0 aliphatic rings. The van der Waals surface area contributed by atoms with Crippen LogP contribution in [-0.2, 0) is 0 Å². The third kappa shape index (κ3) is 1.74. The molecule has 82 valence electrons. The molecule has 0 N–H and O–H groups in total. The number of aldehydes is 1. The van der Waals surface area contributed by atoms with Crippen LogP contribution in [0.2, 0.25) is 0 Å². The van der Waals surface area contributed by atoms with Gasteiger partial charge in [0.2, 0.25) is 0 Å². The van der Waals surface area contributed by atoms with Crippen molar-refractivity contribution >= 4 is 6.29 Å². The van der Waals surface area contributed by atoms with Crippen LogP contribution in [0, 0.1) is 19.7 Å². The number of carbonyl (C=O) groups is 1. The lowest BCUT2D eigenvalue weighted by Crippen LogP contribution is -1.97. The summed E-state index contributed by atoms with van der Waals surface area (Å²) in [5, 5.41) is 0. The van der Waals surface area contributed by atoms with Crippen LogP contribution in [0.25, 0.3) is 5.69 Å². The minimum atomic E-state index is -0.426. The molecule has 0 radical (unpaired) electrons. The number of carbonyl (C=O) groups excluding carboxylic acids is 1. The summed E-state index contributed by atoms with van der Waals surface area (Å²) in [4.78, 5) is 14.8. The van der Waals surface area contributed by atoms with E-state index >= 15 is 0 Å². The van der Waals surface area contributed by atoms with Crippen molar-refractivity contribution in [2.75, 3.05) is 0 Å². The highest BCUT2D eigenvalue weighted by molar-refractivity contribution is 5.76. The van der Waals surface area contributed by atoms with Gasteiger partial charge in [-0.2, -0.15) is 0 Å². The van der Waals surface area contributed by atoms with Crippen LogP contribution >= 0.6 is 0 Å². The molecular weight excluding hydrogens is 207 g/mol. The summed E-state index contributed by atoms with van der Waals surface area (Å²) >= 11 is 0. The summed E-state index contributed by atoms with van der Waals surface area (Å²) in [6.07, 6.45) is 2.25. The Balaban J connectivity index is 2.59. The van der Waals surface area contributed by atoms with Crippen LogP contribution in [0.15, 0.2) is 24.5 Å². The van der Waals surface area contributed by atoms with Gasteiger partial charge in [-0.05, 0) is 32.0 Å². The number of benzene rings is 1. The molecule has 0 atom stereocenters. The minimum Gasteiger partial charge on any atom is -0.303 e. The molecule has 1 aromatic carbocycles. The van der Waals surface area contributed by atoms with Crippen molar-refractivity contribution < 1.29 is 9.18 Å². The molecule has 0 saturated carbocycles. The molecule has 0 unspecified atom stereocenters. The maximum absolute atomic E-state index is 13.2. The van der Waals surface area contributed by atoms with Crippen LogP contribution in [0.5, 0.6) is 0 Å². The van der Waals surface area contributed by atoms with Crippen LogP contribution in [0.1, 0.15) is 21.7 Å². The summed E-state index contributed by atoms with van der Waals surface area (Å²) in [6.45, 7) is 3.78. The van der Waals surface area contributed by atoms with Gasteiger partial charge in [-0.3, -0.25) is 4.79 Å². The van der Waals surface area contributed by atoms with Crippen LogP contribution in [0.4, 0.5) is 4.39 Å². The fraction of sp³-hybridized carbons (Fsp3) is 0.167. The van der Waals surface area contributed by atoms with Crippen LogP contribution in [-0.4, -0.2) is 15.8 Å². The van der Waals surface area contributed by atoms with Gasteiger partial charge in [0.25, 0.3) is 0 Å². The predicted octanol–water partition coefficient (Wildman–Crippen LogP) is 2.44. The highest BCUT2D eigenvalue weighted by Crippen LogP contribution is 2.16. The standard InChI is InChI=1S/C12H11FN2O/c1-8-9(2)15(7-14-8)12-4-10(6-16)3-11(13)5-12/h3-7H,1-2H3. The molecule has 1 heterocycles. The molecule has 0 saturated heterocycles. The molecule has 1 aromatic heterocycles. The first kappa shape index (κ1) is 10.5. The Bertz CT molecular complexity index is 546. The fourth-order valence-corrected chi connectivity index (χ4v) is 1.56. The van der Waals surface area contributed by atoms with E-state index in [4.69, 9.17) is 0 Å². The van der Waals surface area contributed by atoms with E-state index in [0.29, 0.717) is 17.5 Å². The second kappa shape index (κ2) is 3.89. The second-order valence-electron chi connectivity index (χ2n) is 3.65. The van der Waals surface area contributed by atoms with Gasteiger partial charge < -0.3 is 4.57 Å². The van der Waals surface area contributed by atoms with Crippen LogP contribution in [0.3, 0.4) is 0 Å². The summed E-state index contributed by atoms with van der Waals surface area (Å²) in [5.41, 5.74) is 2.75. The minimum absolute atomic E-state index is 0.320. The third-order valence-corrected chi connectivity index (χ3v) is 2.57. The maximum atomic E-state index is 13.2. The van der Waals surface area contributed by atoms with Crippen molar-refractivity contribution in [2.24, 2.45) is 0 Å². The van der Waals surface area contributed by atoms with Gasteiger partial charge in [-0.1, -0.05) is 0 Å². The Morgan fingerprint density at radius 3 is 2.62 bits per heavy atom. The van der Waals surface area contributed by atoms with Gasteiger partial charge in [0, 0.05) is 11.3 Å². The number of nitrogens with zero attached hydrogens (tertiary/aromatic N) is 2. The van der Waals surface area contributed by atoms with E-state index in [0.717, 1.165) is 11.4 Å². The van der Waals surface area contributed by atoms with Crippen molar-refractivity contribution in [3.05, 3.63) is 47.3 Å². The molecule has 0 fully saturated rings. The number of aryl methyl sites for hydroxylation is 1. The Morgan fingerprint density at radius 1 is 1.31 bits per heavy atom. The second-order valence-corrected chi connectivity index (χ2v) is 3.65. The number of hydrogen-bond donors (Lipinski definition) is 0. The van der Waals surface area contributed by atoms with Gasteiger partial charge in [0.05, 0.1) is 17.7 Å². The normalized spacial score (nSPS) is 10.4. The largest absolute Gasteiger partial charge is 0.303 e. The highest BCUT2D eigenvalue weighted by atomic mass is 19.1. The quantitative estimate of drug-likeness (QED) is 0.725. The topological polar surface area (TPSA) is 34.9 Å². The Labute approximate surface area is 92.5 Å². The van der Waals surface area contributed by atoms with Crippen molar-refractivity contribution in [2.45, 2.75) is 13.8 Å². The number of halogens is 1. The number of hydrogen-bond acceptors (Lipinski definition) is 2. The van der Waals surface area contributed by atoms with E-state index in [9.17, 15) is 9.18 Å². The van der Waals surface area contributed by atoms with E-state index in [-0.39, 0.29) is 0 Å². The molecule has 0 aliphatic carbocycles. The van der Waals surface area contributed by atoms with Gasteiger partial charge in [-0.25, -0.2) is 9.37 Å². The van der Waals surface area contributed by atoms with E-state index < -0.39 is 5.82 Å². The van der Waals surface area contributed by atoms with Crippen molar-refractivity contribution in [3.63, 3.8) is 0 Å². The van der Waals surface area contributed by atoms with Crippen molar-refractivity contribution in [3.8, 4) is 5.69 Å². The fourth-order valence-electron chi connectivity index (χ4n) is 1.56. The average Bonchev–Trinajstić information content (AvgIpc) is 2.59. The molecule has 16 heavy (non-hydrogen) atoms. The highest BCUT2D eigenvalue weighted by Gasteiger charge is 2.06. The first-order valence-corrected chi connectivity index (χ1v) is 4.88. The SMILES string of the molecule is Cc1ncn(-c2cc(F)cc(C=O)c2)c1C. The molecule has 0 aliphatic heterocycles. The average molecular weight is 218 g/mol. The number of imidazole rings is 1. The van der Waals surface area contributed by atoms with E-state index in [2.05, 4.69) is 4.98 Å². The van der Waals surface area contributed by atoms with Crippen molar-refractivity contribution in [1.29, 1.82) is 0 Å². The lowest BCUT2D eigenvalue weighted by atomic mass is 10.2. The third-order valence-electron chi connectivity index (χ3n) is 2.57. The molecule has 2 rings (SSSR count). The van der Waals surface area contributed by atoms with E-state index in [1.807, 2.05) is 13.8 Å². The summed E-state index contributed by atoms with van der Waals surface area (Å²) in [6, 6.07) is 4.21. The summed E-state index contributed by atoms with van der Waals surface area (Å²) in [5.74, 6) is -0.426. The monoisotopic (exact) mass is 218 g/mol. The van der Waals surface area contributed by atoms with E-state index in [1.165, 1.54) is 12.1 Å². The molecule has 4 heteroatoms. The zero-order valence-electron chi connectivity index (χ0n) is 9.07. The lowest BCUT2D eigenvalue weighted by molar-refractivity contribution is 0.112. The Morgan fingerprint density at radius 2 is 2.06 bits per heavy atom. The molecule has 0 spiro atoms. The molecule has 3 nitrogen and oxygen atoms in total. The smallest absolute Gasteiger partial charge is 0.150 e. The first-order valence-electron chi connectivity index (χ1n) is 4.88.